The Morgan fingerprint density at radius 3 is 2.49 bits per heavy atom. The first kappa shape index (κ1) is 25.7. The second-order valence-electron chi connectivity index (χ2n) is 7.43. The van der Waals surface area contributed by atoms with Gasteiger partial charge in [-0.25, -0.2) is 0 Å². The Balaban J connectivity index is 1.37. The van der Waals surface area contributed by atoms with Gasteiger partial charge in [-0.1, -0.05) is 29.8 Å². The van der Waals surface area contributed by atoms with Gasteiger partial charge in [0, 0.05) is 14.3 Å². The second kappa shape index (κ2) is 11.6. The monoisotopic (exact) mass is 682 g/mol. The van der Waals surface area contributed by atoms with Crippen LogP contribution in [0.2, 0.25) is 5.02 Å². The van der Waals surface area contributed by atoms with Gasteiger partial charge in [-0.15, -0.1) is 0 Å². The zero-order valence-corrected chi connectivity index (χ0v) is 23.3. The van der Waals surface area contributed by atoms with E-state index in [2.05, 4.69) is 43.8 Å². The topological polar surface area (TPSA) is 75.7 Å². The first-order valence-electron chi connectivity index (χ1n) is 10.3. The lowest BCUT2D eigenvalue weighted by molar-refractivity contribution is -0.123. The molecule has 0 aliphatic carbocycles. The Kier molecular flexibility index (Phi) is 8.53. The molecule has 0 bridgehead atoms. The van der Waals surface area contributed by atoms with Crippen LogP contribution in [-0.2, 0) is 16.1 Å². The van der Waals surface area contributed by atoms with Crippen LogP contribution in [0.4, 0.5) is 10.5 Å². The van der Waals surface area contributed by atoms with Crippen LogP contribution in [0, 0.1) is 3.57 Å². The maximum absolute atomic E-state index is 12.8. The largest absolute Gasteiger partial charge is 0.483 e. The number of halogens is 3. The van der Waals surface area contributed by atoms with E-state index < -0.39 is 0 Å². The van der Waals surface area contributed by atoms with Crippen molar-refractivity contribution in [3.05, 3.63) is 95.8 Å². The number of thioether (sulfide) groups is 1. The fourth-order valence-corrected chi connectivity index (χ4v) is 4.99. The number of hydrogen-bond acceptors (Lipinski definition) is 5. The Morgan fingerprint density at radius 1 is 1.09 bits per heavy atom. The minimum absolute atomic E-state index is 0.183. The fraction of sp³-hybridized carbons (Fsp3) is 0.0800. The summed E-state index contributed by atoms with van der Waals surface area (Å²) in [4.78, 5) is 39.0. The highest BCUT2D eigenvalue weighted by Crippen LogP contribution is 2.34. The minimum atomic E-state index is -0.325. The van der Waals surface area contributed by atoms with Crippen LogP contribution in [0.5, 0.6) is 5.75 Å². The number of nitrogens with zero attached hydrogens (tertiary/aromatic N) is 1. The summed E-state index contributed by atoms with van der Waals surface area (Å²) >= 11 is 12.4. The van der Waals surface area contributed by atoms with E-state index in [1.54, 1.807) is 48.5 Å². The van der Waals surface area contributed by atoms with Crippen molar-refractivity contribution in [2.24, 2.45) is 0 Å². The third-order valence-corrected chi connectivity index (χ3v) is 7.37. The van der Waals surface area contributed by atoms with Crippen molar-refractivity contribution < 1.29 is 19.1 Å². The molecule has 178 valence electrons. The van der Waals surface area contributed by atoms with Gasteiger partial charge in [0.05, 0.1) is 15.9 Å². The molecule has 1 heterocycles. The molecule has 35 heavy (non-hydrogen) atoms. The molecule has 1 aliphatic heterocycles. The highest BCUT2D eigenvalue weighted by Gasteiger charge is 2.35. The normalized spacial score (nSPS) is 14.5. The van der Waals surface area contributed by atoms with Gasteiger partial charge in [0.2, 0.25) is 0 Å². The summed E-state index contributed by atoms with van der Waals surface area (Å²) < 4.78 is 7.31. The van der Waals surface area contributed by atoms with Crippen molar-refractivity contribution >= 4 is 90.7 Å². The Morgan fingerprint density at radius 2 is 1.80 bits per heavy atom. The number of benzene rings is 3. The number of carbonyl (C=O) groups excluding carboxylic acids is 3. The Hall–Kier alpha value is -2.34. The third kappa shape index (κ3) is 6.87. The Bertz CT molecular complexity index is 1320. The second-order valence-corrected chi connectivity index (χ2v) is 11.0. The summed E-state index contributed by atoms with van der Waals surface area (Å²) in [6.07, 6.45) is 1.67. The minimum Gasteiger partial charge on any atom is -0.483 e. The zero-order chi connectivity index (χ0) is 24.9. The molecule has 6 nitrogen and oxygen atoms in total. The number of nitrogens with one attached hydrogen (secondary N) is 1. The van der Waals surface area contributed by atoms with Crippen LogP contribution in [0.15, 0.2) is 76.1 Å². The van der Waals surface area contributed by atoms with Gasteiger partial charge in [0.15, 0.2) is 6.61 Å². The van der Waals surface area contributed by atoms with Crippen LogP contribution < -0.4 is 10.1 Å². The lowest BCUT2D eigenvalue weighted by Crippen LogP contribution is -2.27. The van der Waals surface area contributed by atoms with Crippen molar-refractivity contribution in [1.82, 2.24) is 4.90 Å². The van der Waals surface area contributed by atoms with E-state index in [1.165, 1.54) is 4.90 Å². The standard InChI is InChI=1S/C25H17BrClIN2O4S/c26-20-11-16(3-10-21(20)34-14-23(31)29-19-8-4-17(27)5-9-19)12-22-24(32)30(25(33)35-22)13-15-1-6-18(28)7-2-15/h1-12H,13-14H2,(H,29,31)/b22-12-. The molecule has 0 aromatic heterocycles. The summed E-state index contributed by atoms with van der Waals surface area (Å²) in [5.74, 6) is -0.167. The maximum atomic E-state index is 12.8. The zero-order valence-electron chi connectivity index (χ0n) is 18.0. The van der Waals surface area contributed by atoms with Crippen LogP contribution >= 0.6 is 61.9 Å². The molecular weight excluding hydrogens is 667 g/mol. The third-order valence-electron chi connectivity index (χ3n) is 4.87. The molecule has 3 amide bonds. The van der Waals surface area contributed by atoms with Crippen molar-refractivity contribution in [1.29, 1.82) is 0 Å². The van der Waals surface area contributed by atoms with Crippen molar-refractivity contribution in [3.8, 4) is 5.75 Å². The van der Waals surface area contributed by atoms with Crippen molar-refractivity contribution in [2.45, 2.75) is 6.54 Å². The summed E-state index contributed by atoms with van der Waals surface area (Å²) in [6.45, 7) is 0.0471. The van der Waals surface area contributed by atoms with Gasteiger partial charge >= 0.3 is 0 Å². The van der Waals surface area contributed by atoms with Gasteiger partial charge in [0.25, 0.3) is 17.1 Å². The van der Waals surface area contributed by atoms with Gasteiger partial charge in [-0.3, -0.25) is 19.3 Å². The van der Waals surface area contributed by atoms with E-state index in [1.807, 2.05) is 24.3 Å². The first-order chi connectivity index (χ1) is 16.8. The van der Waals surface area contributed by atoms with E-state index >= 15 is 0 Å². The molecule has 3 aromatic rings. The molecule has 0 unspecified atom stereocenters. The van der Waals surface area contributed by atoms with E-state index in [-0.39, 0.29) is 30.2 Å². The van der Waals surface area contributed by atoms with Crippen LogP contribution in [0.1, 0.15) is 11.1 Å². The molecule has 1 aliphatic rings. The molecular formula is C25H17BrClIN2O4S. The quantitative estimate of drug-likeness (QED) is 0.215. The number of carbonyl (C=O) groups is 3. The molecule has 3 aromatic carbocycles. The van der Waals surface area contributed by atoms with E-state index in [0.29, 0.717) is 25.8 Å². The lowest BCUT2D eigenvalue weighted by atomic mass is 10.2. The lowest BCUT2D eigenvalue weighted by Gasteiger charge is -2.12. The van der Waals surface area contributed by atoms with Gasteiger partial charge in [-0.2, -0.15) is 0 Å². The number of ether oxygens (including phenoxy) is 1. The van der Waals surface area contributed by atoms with Crippen molar-refractivity contribution in [2.75, 3.05) is 11.9 Å². The summed E-state index contributed by atoms with van der Waals surface area (Å²) in [6, 6.07) is 19.7. The van der Waals surface area contributed by atoms with Crippen LogP contribution in [0.25, 0.3) is 6.08 Å². The van der Waals surface area contributed by atoms with Crippen LogP contribution in [0.3, 0.4) is 0 Å². The van der Waals surface area contributed by atoms with E-state index in [9.17, 15) is 14.4 Å². The molecule has 1 N–H and O–H groups in total. The Labute approximate surface area is 233 Å². The molecule has 0 atom stereocenters. The maximum Gasteiger partial charge on any atom is 0.293 e. The van der Waals surface area contributed by atoms with Crippen LogP contribution in [-0.4, -0.2) is 28.6 Å². The van der Waals surface area contributed by atoms with E-state index in [0.717, 1.165) is 26.5 Å². The van der Waals surface area contributed by atoms with Gasteiger partial charge < -0.3 is 10.1 Å². The van der Waals surface area contributed by atoms with E-state index in [4.69, 9.17) is 16.3 Å². The highest BCUT2D eigenvalue weighted by atomic mass is 127. The fourth-order valence-electron chi connectivity index (χ4n) is 3.16. The summed E-state index contributed by atoms with van der Waals surface area (Å²) in [5.41, 5.74) is 2.22. The first-order valence-corrected chi connectivity index (χ1v) is 13.3. The van der Waals surface area contributed by atoms with Crippen molar-refractivity contribution in [3.63, 3.8) is 0 Å². The summed E-state index contributed by atoms with van der Waals surface area (Å²) in [5, 5.41) is 3.01. The average molecular weight is 684 g/mol. The number of imide groups is 1. The predicted octanol–water partition coefficient (Wildman–Crippen LogP) is 6.96. The number of amides is 3. The van der Waals surface area contributed by atoms with Gasteiger partial charge in [0.1, 0.15) is 5.75 Å². The number of hydrogen-bond donors (Lipinski definition) is 1. The summed E-state index contributed by atoms with van der Waals surface area (Å²) in [7, 11) is 0. The SMILES string of the molecule is O=C(COc1ccc(/C=C2\SC(=O)N(Cc3ccc(I)cc3)C2=O)cc1Br)Nc1ccc(Cl)cc1. The smallest absolute Gasteiger partial charge is 0.293 e. The molecule has 0 radical (unpaired) electrons. The number of rotatable bonds is 7. The molecule has 0 saturated carbocycles. The average Bonchev–Trinajstić information content (AvgIpc) is 3.08. The molecule has 1 fully saturated rings. The molecule has 0 spiro atoms. The highest BCUT2D eigenvalue weighted by molar-refractivity contribution is 14.1. The predicted molar refractivity (Wildman–Crippen MR) is 150 cm³/mol. The van der Waals surface area contributed by atoms with Gasteiger partial charge in [-0.05, 0) is 116 Å². The molecule has 10 heteroatoms. The number of anilines is 1. The molecule has 4 rings (SSSR count). The molecule has 1 saturated heterocycles.